The summed E-state index contributed by atoms with van der Waals surface area (Å²) in [5, 5.41) is 7.16. The van der Waals surface area contributed by atoms with Gasteiger partial charge in [-0.1, -0.05) is 11.2 Å². The molecule has 2 aliphatic rings. The van der Waals surface area contributed by atoms with E-state index in [2.05, 4.69) is 10.5 Å². The van der Waals surface area contributed by atoms with Crippen molar-refractivity contribution in [2.45, 2.75) is 50.4 Å². The molecule has 2 heterocycles. The lowest BCUT2D eigenvalue weighted by Crippen LogP contribution is -2.41. The lowest BCUT2D eigenvalue weighted by atomic mass is 10.0. The van der Waals surface area contributed by atoms with Gasteiger partial charge < -0.3 is 14.6 Å². The zero-order chi connectivity index (χ0) is 18.1. The van der Waals surface area contributed by atoms with Crippen LogP contribution >= 0.6 is 0 Å². The van der Waals surface area contributed by atoms with Gasteiger partial charge in [0.25, 0.3) is 0 Å². The lowest BCUT2D eigenvalue weighted by molar-refractivity contribution is 0.0766. The van der Waals surface area contributed by atoms with Crippen molar-refractivity contribution >= 4 is 0 Å². The first-order chi connectivity index (χ1) is 12.6. The van der Waals surface area contributed by atoms with Gasteiger partial charge in [0, 0.05) is 17.5 Å². The number of rotatable bonds is 6. The highest BCUT2D eigenvalue weighted by atomic mass is 19.1. The lowest BCUT2D eigenvalue weighted by Gasteiger charge is -2.25. The van der Waals surface area contributed by atoms with Gasteiger partial charge in [-0.2, -0.15) is 0 Å². The topological polar surface area (TPSA) is 47.3 Å². The van der Waals surface area contributed by atoms with Crippen LogP contribution in [0.3, 0.4) is 0 Å². The quantitative estimate of drug-likeness (QED) is 0.836. The fraction of sp³-hybridized carbons (Fsp3) is 0.526. The van der Waals surface area contributed by atoms with Crippen molar-refractivity contribution < 1.29 is 22.4 Å². The van der Waals surface area contributed by atoms with Crippen LogP contribution in [0.25, 0.3) is 11.3 Å². The summed E-state index contributed by atoms with van der Waals surface area (Å²) >= 11 is 0. The first kappa shape index (κ1) is 17.5. The van der Waals surface area contributed by atoms with Gasteiger partial charge in [0.1, 0.15) is 29.3 Å². The number of hydrogen-bond donors (Lipinski definition) is 1. The van der Waals surface area contributed by atoms with Gasteiger partial charge in [-0.25, -0.2) is 13.2 Å². The second kappa shape index (κ2) is 7.40. The Morgan fingerprint density at radius 3 is 2.65 bits per heavy atom. The van der Waals surface area contributed by atoms with E-state index in [1.807, 2.05) is 0 Å². The van der Waals surface area contributed by atoms with Gasteiger partial charge in [-0.3, -0.25) is 0 Å². The summed E-state index contributed by atoms with van der Waals surface area (Å²) in [6.45, 7) is 1.09. The van der Waals surface area contributed by atoms with E-state index in [1.54, 1.807) is 0 Å². The molecule has 2 atom stereocenters. The van der Waals surface area contributed by atoms with E-state index in [4.69, 9.17) is 9.26 Å². The van der Waals surface area contributed by atoms with Crippen LogP contribution in [0.2, 0.25) is 0 Å². The van der Waals surface area contributed by atoms with Crippen LogP contribution in [0.15, 0.2) is 22.7 Å². The fourth-order valence-electron chi connectivity index (χ4n) is 3.43. The number of nitrogens with zero attached hydrogens (tertiary/aromatic N) is 1. The second-order valence-corrected chi connectivity index (χ2v) is 7.03. The van der Waals surface area contributed by atoms with Gasteiger partial charge in [0.05, 0.1) is 18.8 Å². The number of halogens is 3. The van der Waals surface area contributed by atoms with Crippen molar-refractivity contribution in [1.29, 1.82) is 0 Å². The molecule has 7 heteroatoms. The number of aromatic nitrogens is 1. The molecule has 1 aromatic heterocycles. The monoisotopic (exact) mass is 366 g/mol. The minimum Gasteiger partial charge on any atom is -0.375 e. The smallest absolute Gasteiger partial charge is 0.145 e. The molecule has 0 bridgehead atoms. The Kier molecular flexibility index (Phi) is 5.00. The van der Waals surface area contributed by atoms with E-state index in [0.717, 1.165) is 12.8 Å². The summed E-state index contributed by atoms with van der Waals surface area (Å²) in [6, 6.07) is 3.65. The van der Waals surface area contributed by atoms with Gasteiger partial charge in [0.2, 0.25) is 0 Å². The number of nitrogens with one attached hydrogen (secondary N) is 1. The average molecular weight is 366 g/mol. The molecule has 2 fully saturated rings. The molecular formula is C19H21F3N2O2. The molecule has 26 heavy (non-hydrogen) atoms. The van der Waals surface area contributed by atoms with Crippen molar-refractivity contribution in [2.75, 3.05) is 13.2 Å². The van der Waals surface area contributed by atoms with Crippen LogP contribution in [-0.4, -0.2) is 30.5 Å². The minimum atomic E-state index is -0.814. The van der Waals surface area contributed by atoms with Crippen molar-refractivity contribution in [2.24, 2.45) is 0 Å². The summed E-state index contributed by atoms with van der Waals surface area (Å²) < 4.78 is 53.0. The maximum Gasteiger partial charge on any atom is 0.145 e. The number of piperidine rings is 1. The van der Waals surface area contributed by atoms with Gasteiger partial charge in [-0.15, -0.1) is 0 Å². The zero-order valence-corrected chi connectivity index (χ0v) is 14.3. The first-order valence-corrected chi connectivity index (χ1v) is 9.01. The highest BCUT2D eigenvalue weighted by Gasteiger charge is 2.34. The molecule has 2 unspecified atom stereocenters. The van der Waals surface area contributed by atoms with Crippen molar-refractivity contribution in [3.05, 3.63) is 41.2 Å². The first-order valence-electron chi connectivity index (χ1n) is 9.01. The Hall–Kier alpha value is -1.86. The largest absolute Gasteiger partial charge is 0.375 e. The molecule has 140 valence electrons. The molecule has 2 aromatic rings. The Balaban J connectivity index is 1.53. The Morgan fingerprint density at radius 1 is 1.19 bits per heavy atom. The van der Waals surface area contributed by atoms with Crippen LogP contribution in [-0.2, 0) is 11.3 Å². The fourth-order valence-corrected chi connectivity index (χ4v) is 3.43. The van der Waals surface area contributed by atoms with E-state index in [-0.39, 0.29) is 29.8 Å². The molecule has 0 amide bonds. The highest BCUT2D eigenvalue weighted by molar-refractivity contribution is 5.65. The third-order valence-electron chi connectivity index (χ3n) is 4.96. The Morgan fingerprint density at radius 2 is 1.96 bits per heavy atom. The molecule has 1 N–H and O–H groups in total. The van der Waals surface area contributed by atoms with Crippen LogP contribution in [0.1, 0.15) is 42.9 Å². The molecule has 1 aliphatic carbocycles. The molecule has 0 spiro atoms. The highest BCUT2D eigenvalue weighted by Crippen LogP contribution is 2.44. The molecule has 1 saturated heterocycles. The summed E-state index contributed by atoms with van der Waals surface area (Å²) in [4.78, 5) is 0. The predicted molar refractivity (Wildman–Crippen MR) is 89.4 cm³/mol. The standard InChI is InChI=1S/C19H21F3N2O2/c20-12-6-7-23-13(8-12)9-25-10-14-18(24-26-19(14)11-4-5-11)17-15(21)2-1-3-16(17)22/h1-3,11-13,23H,4-10H2. The molecule has 0 radical (unpaired) electrons. The third kappa shape index (κ3) is 3.64. The summed E-state index contributed by atoms with van der Waals surface area (Å²) in [5.74, 6) is -0.498. The number of hydrogen-bond acceptors (Lipinski definition) is 4. The number of alkyl halides is 1. The van der Waals surface area contributed by atoms with E-state index in [9.17, 15) is 13.2 Å². The number of ether oxygens (including phenoxy) is 1. The van der Waals surface area contributed by atoms with E-state index >= 15 is 0 Å². The summed E-state index contributed by atoms with van der Waals surface area (Å²) in [7, 11) is 0. The Labute approximate surface area is 149 Å². The molecule has 4 nitrogen and oxygen atoms in total. The maximum absolute atomic E-state index is 14.2. The van der Waals surface area contributed by atoms with Gasteiger partial charge in [-0.05, 0) is 44.4 Å². The van der Waals surface area contributed by atoms with Crippen LogP contribution in [0.4, 0.5) is 13.2 Å². The normalized spacial score (nSPS) is 23.3. The van der Waals surface area contributed by atoms with E-state index in [0.29, 0.717) is 37.3 Å². The predicted octanol–water partition coefficient (Wildman–Crippen LogP) is 4.10. The van der Waals surface area contributed by atoms with Crippen molar-refractivity contribution in [3.8, 4) is 11.3 Å². The summed E-state index contributed by atoms with van der Waals surface area (Å²) in [6.07, 6.45) is 2.05. The molecule has 1 aliphatic heterocycles. The molecule has 1 aromatic carbocycles. The van der Waals surface area contributed by atoms with Crippen LogP contribution < -0.4 is 5.32 Å². The second-order valence-electron chi connectivity index (χ2n) is 7.03. The molecule has 4 rings (SSSR count). The minimum absolute atomic E-state index is 0.0587. The van der Waals surface area contributed by atoms with Gasteiger partial charge >= 0.3 is 0 Å². The van der Waals surface area contributed by atoms with Crippen LogP contribution in [0.5, 0.6) is 0 Å². The Bertz CT molecular complexity index is 756. The van der Waals surface area contributed by atoms with Crippen molar-refractivity contribution in [3.63, 3.8) is 0 Å². The number of benzene rings is 1. The average Bonchev–Trinajstić information content (AvgIpc) is 3.37. The van der Waals surface area contributed by atoms with E-state index in [1.165, 1.54) is 18.2 Å². The molecular weight excluding hydrogens is 345 g/mol. The molecule has 1 saturated carbocycles. The maximum atomic E-state index is 14.2. The van der Waals surface area contributed by atoms with Gasteiger partial charge in [0.15, 0.2) is 0 Å². The zero-order valence-electron chi connectivity index (χ0n) is 14.3. The van der Waals surface area contributed by atoms with E-state index < -0.39 is 17.8 Å². The van der Waals surface area contributed by atoms with Crippen molar-refractivity contribution in [1.82, 2.24) is 10.5 Å². The van der Waals surface area contributed by atoms with Crippen LogP contribution in [0, 0.1) is 11.6 Å². The SMILES string of the molecule is Fc1cccc(F)c1-c1noc(C2CC2)c1COCC1CC(F)CCN1. The third-order valence-corrected chi connectivity index (χ3v) is 4.96. The summed E-state index contributed by atoms with van der Waals surface area (Å²) in [5.41, 5.74) is 0.549.